The van der Waals surface area contributed by atoms with E-state index in [2.05, 4.69) is 5.32 Å². The van der Waals surface area contributed by atoms with Crippen molar-refractivity contribution in [1.29, 1.82) is 5.26 Å². The molecule has 1 aromatic heterocycles. The maximum Gasteiger partial charge on any atom is 0.416 e. The Morgan fingerprint density at radius 2 is 1.86 bits per heavy atom. The van der Waals surface area contributed by atoms with E-state index in [0.29, 0.717) is 5.69 Å². The maximum atomic E-state index is 12.9. The highest BCUT2D eigenvalue weighted by atomic mass is 19.4. The summed E-state index contributed by atoms with van der Waals surface area (Å²) in [7, 11) is 0. The highest BCUT2D eigenvalue weighted by Gasteiger charge is 2.30. The summed E-state index contributed by atoms with van der Waals surface area (Å²) in [6.45, 7) is 1.82. The molecule has 0 aliphatic rings. The third kappa shape index (κ3) is 4.74. The van der Waals surface area contributed by atoms with Gasteiger partial charge in [-0.1, -0.05) is 30.3 Å². The average molecular weight is 396 g/mol. The van der Waals surface area contributed by atoms with Gasteiger partial charge >= 0.3 is 6.18 Å². The maximum absolute atomic E-state index is 12.9. The van der Waals surface area contributed by atoms with Gasteiger partial charge in [-0.2, -0.15) is 18.4 Å². The predicted octanol–water partition coefficient (Wildman–Crippen LogP) is 5.82. The molecule has 146 valence electrons. The lowest BCUT2D eigenvalue weighted by atomic mass is 10.1. The molecule has 0 atom stereocenters. The number of nitrogens with one attached hydrogen (secondary N) is 1. The molecule has 0 saturated carbocycles. The summed E-state index contributed by atoms with van der Waals surface area (Å²) in [6.07, 6.45) is -3.22. The van der Waals surface area contributed by atoms with E-state index in [1.165, 1.54) is 30.3 Å². The molecule has 0 bridgehead atoms. The number of anilines is 1. The van der Waals surface area contributed by atoms with Gasteiger partial charge in [-0.3, -0.25) is 4.79 Å². The van der Waals surface area contributed by atoms with Gasteiger partial charge in [-0.15, -0.1) is 0 Å². The highest BCUT2D eigenvalue weighted by molar-refractivity contribution is 6.09. The molecule has 0 spiro atoms. The van der Waals surface area contributed by atoms with Crippen molar-refractivity contribution >= 4 is 17.7 Å². The Morgan fingerprint density at radius 3 is 2.55 bits per heavy atom. The molecule has 2 aromatic carbocycles. The van der Waals surface area contributed by atoms with Crippen LogP contribution in [-0.4, -0.2) is 5.91 Å². The molecule has 3 rings (SSSR count). The van der Waals surface area contributed by atoms with E-state index in [-0.39, 0.29) is 22.7 Å². The topological polar surface area (TPSA) is 66.0 Å². The van der Waals surface area contributed by atoms with Crippen LogP contribution in [0.5, 0.6) is 0 Å². The molecular formula is C22H15F3N2O2. The monoisotopic (exact) mass is 396 g/mol. The number of nitrogens with zero attached hydrogens (tertiary/aromatic N) is 1. The van der Waals surface area contributed by atoms with Crippen molar-refractivity contribution in [3.63, 3.8) is 0 Å². The second kappa shape index (κ2) is 8.07. The zero-order chi connectivity index (χ0) is 21.0. The van der Waals surface area contributed by atoms with Crippen LogP contribution in [0.4, 0.5) is 18.9 Å². The minimum atomic E-state index is -4.47. The Morgan fingerprint density at radius 1 is 1.10 bits per heavy atom. The first kappa shape index (κ1) is 20.0. The van der Waals surface area contributed by atoms with Crippen LogP contribution in [0.1, 0.15) is 16.9 Å². The van der Waals surface area contributed by atoms with Crippen LogP contribution < -0.4 is 5.32 Å². The van der Waals surface area contributed by atoms with Crippen LogP contribution in [0, 0.1) is 18.3 Å². The lowest BCUT2D eigenvalue weighted by molar-refractivity contribution is -0.137. The summed E-state index contributed by atoms with van der Waals surface area (Å²) < 4.78 is 44.2. The SMILES string of the molecule is Cc1ccccc1NC(=O)/C(C#N)=C\c1ccc(-c2cccc(C(F)(F)F)c2)o1. The zero-order valence-electron chi connectivity index (χ0n) is 15.2. The van der Waals surface area contributed by atoms with Gasteiger partial charge in [0.2, 0.25) is 0 Å². The fourth-order valence-electron chi connectivity index (χ4n) is 2.63. The molecule has 3 aromatic rings. The molecule has 7 heteroatoms. The van der Waals surface area contributed by atoms with Crippen LogP contribution in [0.3, 0.4) is 0 Å². The lowest BCUT2D eigenvalue weighted by Crippen LogP contribution is -2.14. The summed E-state index contributed by atoms with van der Waals surface area (Å²) in [5, 5.41) is 12.0. The first-order valence-corrected chi connectivity index (χ1v) is 8.54. The van der Waals surface area contributed by atoms with E-state index in [9.17, 15) is 23.2 Å². The molecule has 0 unspecified atom stereocenters. The Hall–Kier alpha value is -3.79. The van der Waals surface area contributed by atoms with Crippen LogP contribution in [0.15, 0.2) is 70.7 Å². The first-order chi connectivity index (χ1) is 13.8. The lowest BCUT2D eigenvalue weighted by Gasteiger charge is -2.07. The number of para-hydroxylation sites is 1. The Balaban J connectivity index is 1.84. The molecule has 0 aliphatic carbocycles. The number of benzene rings is 2. The van der Waals surface area contributed by atoms with Crippen LogP contribution in [0.25, 0.3) is 17.4 Å². The molecule has 1 amide bonds. The summed E-state index contributed by atoms with van der Waals surface area (Å²) in [4.78, 5) is 12.4. The van der Waals surface area contributed by atoms with Gasteiger partial charge in [0.25, 0.3) is 5.91 Å². The number of aryl methyl sites for hydroxylation is 1. The smallest absolute Gasteiger partial charge is 0.416 e. The van der Waals surface area contributed by atoms with E-state index in [4.69, 9.17) is 4.42 Å². The average Bonchev–Trinajstić information content (AvgIpc) is 3.16. The van der Waals surface area contributed by atoms with Gasteiger partial charge in [-0.25, -0.2) is 0 Å². The molecule has 29 heavy (non-hydrogen) atoms. The number of carbonyl (C=O) groups is 1. The Labute approximate surface area is 164 Å². The zero-order valence-corrected chi connectivity index (χ0v) is 15.2. The van der Waals surface area contributed by atoms with Gasteiger partial charge < -0.3 is 9.73 Å². The van der Waals surface area contributed by atoms with Crippen LogP contribution in [-0.2, 0) is 11.0 Å². The number of amides is 1. The van der Waals surface area contributed by atoms with Gasteiger partial charge in [0.05, 0.1) is 5.56 Å². The third-order valence-corrected chi connectivity index (χ3v) is 4.15. The molecule has 0 saturated heterocycles. The number of hydrogen-bond acceptors (Lipinski definition) is 3. The second-order valence-corrected chi connectivity index (χ2v) is 6.22. The first-order valence-electron chi connectivity index (χ1n) is 8.54. The quantitative estimate of drug-likeness (QED) is 0.446. The van der Waals surface area contributed by atoms with Crippen molar-refractivity contribution in [2.75, 3.05) is 5.32 Å². The number of rotatable bonds is 4. The Bertz CT molecular complexity index is 1120. The minimum absolute atomic E-state index is 0.175. The number of carbonyl (C=O) groups excluding carboxylic acids is 1. The summed E-state index contributed by atoms with van der Waals surface area (Å²) in [6, 6.07) is 16.6. The van der Waals surface area contributed by atoms with Gasteiger partial charge in [0.15, 0.2) is 0 Å². The number of alkyl halides is 3. The van der Waals surface area contributed by atoms with E-state index in [1.807, 2.05) is 25.1 Å². The van der Waals surface area contributed by atoms with Crippen LogP contribution >= 0.6 is 0 Å². The molecule has 0 aliphatic heterocycles. The second-order valence-electron chi connectivity index (χ2n) is 6.22. The number of furan rings is 1. The van der Waals surface area contributed by atoms with Crippen molar-refractivity contribution in [3.05, 3.63) is 83.1 Å². The van der Waals surface area contributed by atoms with Crippen molar-refractivity contribution in [2.24, 2.45) is 0 Å². The minimum Gasteiger partial charge on any atom is -0.457 e. The van der Waals surface area contributed by atoms with Gasteiger partial charge in [0, 0.05) is 17.3 Å². The summed E-state index contributed by atoms with van der Waals surface area (Å²) in [5.41, 5.74) is 0.657. The van der Waals surface area contributed by atoms with E-state index < -0.39 is 17.6 Å². The van der Waals surface area contributed by atoms with Crippen molar-refractivity contribution < 1.29 is 22.4 Å². The van der Waals surface area contributed by atoms with Crippen molar-refractivity contribution in [1.82, 2.24) is 0 Å². The number of halogens is 3. The van der Waals surface area contributed by atoms with Crippen molar-refractivity contribution in [2.45, 2.75) is 13.1 Å². The predicted molar refractivity (Wildman–Crippen MR) is 103 cm³/mol. The van der Waals surface area contributed by atoms with Crippen molar-refractivity contribution in [3.8, 4) is 17.4 Å². The normalized spacial score (nSPS) is 11.8. The van der Waals surface area contributed by atoms with Gasteiger partial charge in [0.1, 0.15) is 23.2 Å². The molecule has 1 heterocycles. The number of nitriles is 1. The van der Waals surface area contributed by atoms with E-state index >= 15 is 0 Å². The molecule has 0 fully saturated rings. The van der Waals surface area contributed by atoms with Gasteiger partial charge in [-0.05, 0) is 42.8 Å². The fraction of sp³-hybridized carbons (Fsp3) is 0.0909. The Kier molecular flexibility index (Phi) is 5.55. The third-order valence-electron chi connectivity index (χ3n) is 4.15. The highest BCUT2D eigenvalue weighted by Crippen LogP contribution is 2.32. The fourth-order valence-corrected chi connectivity index (χ4v) is 2.63. The van der Waals surface area contributed by atoms with E-state index in [0.717, 1.165) is 17.7 Å². The largest absolute Gasteiger partial charge is 0.457 e. The molecule has 4 nitrogen and oxygen atoms in total. The van der Waals surface area contributed by atoms with E-state index in [1.54, 1.807) is 12.1 Å². The molecule has 0 radical (unpaired) electrons. The summed E-state index contributed by atoms with van der Waals surface area (Å²) in [5.74, 6) is -0.244. The standard InChI is InChI=1S/C22H15F3N2O2/c1-14-5-2-3-8-19(14)27-21(28)16(13-26)12-18-9-10-20(29-18)15-6-4-7-17(11-15)22(23,24)25/h2-12H,1H3,(H,27,28)/b16-12-. The summed E-state index contributed by atoms with van der Waals surface area (Å²) >= 11 is 0. The molecule has 1 N–H and O–H groups in total. The number of hydrogen-bond donors (Lipinski definition) is 1. The molecular weight excluding hydrogens is 381 g/mol. The van der Waals surface area contributed by atoms with Crippen LogP contribution in [0.2, 0.25) is 0 Å².